The number of pyridine rings is 1. The van der Waals surface area contributed by atoms with Crippen LogP contribution in [0.2, 0.25) is 0 Å². The number of ether oxygens (including phenoxy) is 1. The maximum Gasteiger partial charge on any atom is 0.256 e. The molecule has 2 unspecified atom stereocenters. The summed E-state index contributed by atoms with van der Waals surface area (Å²) < 4.78 is 52.5. The van der Waals surface area contributed by atoms with Crippen molar-refractivity contribution in [1.29, 1.82) is 0 Å². The van der Waals surface area contributed by atoms with E-state index in [4.69, 9.17) is 20.4 Å². The van der Waals surface area contributed by atoms with Gasteiger partial charge in [0.15, 0.2) is 11.5 Å². The Morgan fingerprint density at radius 2 is 2.02 bits per heavy atom. The van der Waals surface area contributed by atoms with E-state index in [2.05, 4.69) is 9.55 Å². The van der Waals surface area contributed by atoms with E-state index in [-0.39, 0.29) is 19.0 Å². The lowest BCUT2D eigenvalue weighted by atomic mass is 10.0. The number of rotatable bonds is 10. The lowest BCUT2D eigenvalue weighted by Gasteiger charge is -2.29. The lowest BCUT2D eigenvalue weighted by molar-refractivity contribution is 0.0522. The molecule has 0 spiro atoms. The van der Waals surface area contributed by atoms with Crippen LogP contribution in [-0.4, -0.2) is 71.6 Å². The highest BCUT2D eigenvalue weighted by Gasteiger charge is 2.30. The van der Waals surface area contributed by atoms with E-state index in [1.807, 2.05) is 29.8 Å². The lowest BCUT2D eigenvalue weighted by Crippen LogP contribution is -2.45. The summed E-state index contributed by atoms with van der Waals surface area (Å²) in [4.78, 5) is 28.0. The number of carbonyl (C=O) groups is 1. The fourth-order valence-electron chi connectivity index (χ4n) is 5.86. The average Bonchev–Trinajstić information content (AvgIpc) is 3.48. The Morgan fingerprint density at radius 3 is 2.77 bits per heavy atom. The maximum atomic E-state index is 15.1. The smallest absolute Gasteiger partial charge is 0.256 e. The second-order valence-electron chi connectivity index (χ2n) is 11.4. The molecule has 0 radical (unpaired) electrons. The van der Waals surface area contributed by atoms with Crippen molar-refractivity contribution in [2.75, 3.05) is 19.8 Å². The largest absolute Gasteiger partial charge is 0.456 e. The number of carbonyl (C=O) groups excluding carboxylic acids is 1. The van der Waals surface area contributed by atoms with Crippen LogP contribution in [0.25, 0.3) is 33.6 Å². The molecule has 2 aliphatic rings. The Bertz CT molecular complexity index is 1840. The van der Waals surface area contributed by atoms with Crippen LogP contribution < -0.4 is 10.5 Å². The van der Waals surface area contributed by atoms with Gasteiger partial charge >= 0.3 is 0 Å². The second kappa shape index (κ2) is 10.7. The molecule has 4 aromatic heterocycles. The van der Waals surface area contributed by atoms with Crippen molar-refractivity contribution in [3.63, 3.8) is 0 Å². The quantitative estimate of drug-likeness (QED) is 0.263. The molecule has 7 rings (SSSR count). The van der Waals surface area contributed by atoms with Gasteiger partial charge in [0.05, 0.1) is 47.6 Å². The van der Waals surface area contributed by atoms with E-state index >= 15 is 4.39 Å². The first-order valence-corrected chi connectivity index (χ1v) is 14.4. The molecular weight excluding hydrogens is 561 g/mol. The number of fused-ring (bicyclic) bond motifs is 3. The van der Waals surface area contributed by atoms with Crippen LogP contribution in [0.15, 0.2) is 42.9 Å². The minimum Gasteiger partial charge on any atom is -0.456 e. The Hall–Kier alpha value is -4.39. The standard InChI is InChI=1S/C30H31F3N8O2/c1-38-28-22(10-20-21(36-28)7-8-40(30(20)42)13-19(34)11-31)37-29(38)23-9-18-3-2-4-24(27(18)41(23)12-17-5-6-17)43-26(33)15-39-14-25(32)35-16-39/h2-4,9-10,14,16-17,19,26H,5-8,11-13,15,34H2,1H3. The first-order valence-electron chi connectivity index (χ1n) is 14.4. The third-order valence-corrected chi connectivity index (χ3v) is 8.17. The van der Waals surface area contributed by atoms with Crippen LogP contribution in [0.3, 0.4) is 0 Å². The predicted octanol–water partition coefficient (Wildman–Crippen LogP) is 4.01. The Morgan fingerprint density at radius 1 is 1.19 bits per heavy atom. The highest BCUT2D eigenvalue weighted by atomic mass is 19.1. The third-order valence-electron chi connectivity index (χ3n) is 8.17. The van der Waals surface area contributed by atoms with Gasteiger partial charge in [0.1, 0.15) is 17.9 Å². The molecule has 0 saturated heterocycles. The number of alkyl halides is 2. The van der Waals surface area contributed by atoms with E-state index in [1.54, 1.807) is 17.0 Å². The Kier molecular flexibility index (Phi) is 6.83. The van der Waals surface area contributed by atoms with Gasteiger partial charge in [0, 0.05) is 38.5 Å². The summed E-state index contributed by atoms with van der Waals surface area (Å²) in [5.74, 6) is 0.606. The minimum atomic E-state index is -1.73. The van der Waals surface area contributed by atoms with Crippen LogP contribution in [0, 0.1) is 11.9 Å². The first kappa shape index (κ1) is 27.4. The van der Waals surface area contributed by atoms with Crippen molar-refractivity contribution in [1.82, 2.24) is 33.6 Å². The molecule has 1 saturated carbocycles. The number of nitrogens with two attached hydrogens (primary N) is 1. The number of hydrogen-bond donors (Lipinski definition) is 1. The molecule has 10 nitrogen and oxygen atoms in total. The highest BCUT2D eigenvalue weighted by Crippen LogP contribution is 2.39. The number of amides is 1. The van der Waals surface area contributed by atoms with Crippen molar-refractivity contribution in [2.45, 2.75) is 44.8 Å². The number of hydrogen-bond acceptors (Lipinski definition) is 6. The average molecular weight is 593 g/mol. The second-order valence-corrected chi connectivity index (χ2v) is 11.4. The number of aryl methyl sites for hydroxylation is 1. The number of benzene rings is 1. The summed E-state index contributed by atoms with van der Waals surface area (Å²) in [7, 11) is 1.89. The van der Waals surface area contributed by atoms with Crippen LogP contribution in [-0.2, 0) is 26.6 Å². The monoisotopic (exact) mass is 592 g/mol. The molecule has 5 heterocycles. The third kappa shape index (κ3) is 5.11. The van der Waals surface area contributed by atoms with Gasteiger partial charge in [-0.3, -0.25) is 4.79 Å². The first-order chi connectivity index (χ1) is 20.8. The van der Waals surface area contributed by atoms with E-state index in [9.17, 15) is 13.6 Å². The fourth-order valence-corrected chi connectivity index (χ4v) is 5.86. The van der Waals surface area contributed by atoms with Gasteiger partial charge < -0.3 is 29.1 Å². The Labute approximate surface area is 244 Å². The van der Waals surface area contributed by atoms with Gasteiger partial charge in [-0.1, -0.05) is 12.1 Å². The zero-order chi connectivity index (χ0) is 29.8. The summed E-state index contributed by atoms with van der Waals surface area (Å²) in [6.07, 6.45) is 3.35. The van der Waals surface area contributed by atoms with Crippen molar-refractivity contribution in [3.05, 3.63) is 60.1 Å². The molecule has 1 fully saturated rings. The molecule has 2 atom stereocenters. The van der Waals surface area contributed by atoms with Gasteiger partial charge in [0.25, 0.3) is 12.3 Å². The van der Waals surface area contributed by atoms with Crippen molar-refractivity contribution >= 4 is 28.0 Å². The van der Waals surface area contributed by atoms with Gasteiger partial charge in [-0.05, 0) is 37.0 Å². The molecule has 43 heavy (non-hydrogen) atoms. The van der Waals surface area contributed by atoms with E-state index in [0.717, 1.165) is 35.6 Å². The summed E-state index contributed by atoms with van der Waals surface area (Å²) in [5, 5.41) is 0.864. The number of nitrogens with zero attached hydrogens (tertiary/aromatic N) is 7. The van der Waals surface area contributed by atoms with Crippen LogP contribution >= 0.6 is 0 Å². The van der Waals surface area contributed by atoms with Crippen LogP contribution in [0.4, 0.5) is 13.2 Å². The van der Waals surface area contributed by atoms with E-state index < -0.39 is 25.0 Å². The highest BCUT2D eigenvalue weighted by molar-refractivity contribution is 5.99. The minimum absolute atomic E-state index is 0.144. The van der Waals surface area contributed by atoms with Crippen molar-refractivity contribution < 1.29 is 22.7 Å². The molecule has 1 aromatic carbocycles. The summed E-state index contributed by atoms with van der Waals surface area (Å²) in [6, 6.07) is 8.52. The van der Waals surface area contributed by atoms with E-state index in [1.165, 1.54) is 10.9 Å². The summed E-state index contributed by atoms with van der Waals surface area (Å²) in [5.41, 5.74) is 9.69. The number of aromatic nitrogens is 6. The molecule has 1 aliphatic carbocycles. The molecule has 2 N–H and O–H groups in total. The van der Waals surface area contributed by atoms with Crippen LogP contribution in [0.5, 0.6) is 5.75 Å². The molecule has 5 aromatic rings. The summed E-state index contributed by atoms with van der Waals surface area (Å²) in [6.45, 7) is 0.367. The maximum absolute atomic E-state index is 15.1. The fraction of sp³-hybridized carbons (Fsp3) is 0.400. The topological polar surface area (TPSA) is 109 Å². The van der Waals surface area contributed by atoms with Crippen LogP contribution in [0.1, 0.15) is 28.9 Å². The normalized spacial score (nSPS) is 16.7. The number of para-hydroxylation sites is 1. The van der Waals surface area contributed by atoms with E-state index in [0.29, 0.717) is 59.4 Å². The Balaban J connectivity index is 1.27. The van der Waals surface area contributed by atoms with Crippen molar-refractivity contribution in [2.24, 2.45) is 18.7 Å². The zero-order valence-electron chi connectivity index (χ0n) is 23.6. The van der Waals surface area contributed by atoms with Gasteiger partial charge in [-0.25, -0.2) is 19.3 Å². The van der Waals surface area contributed by atoms with Gasteiger partial charge in [-0.15, -0.1) is 0 Å². The zero-order valence-corrected chi connectivity index (χ0v) is 23.6. The molecule has 0 bridgehead atoms. The predicted molar refractivity (Wildman–Crippen MR) is 153 cm³/mol. The molecule has 224 valence electrons. The SMILES string of the molecule is Cn1c(-c2cc3cccc(OC(F)Cn4cnc(F)c4)c3n2CC2CC2)nc2cc3c(nc21)CCN(CC(N)CF)C3=O. The van der Waals surface area contributed by atoms with Gasteiger partial charge in [-0.2, -0.15) is 8.78 Å². The number of imidazole rings is 2. The van der Waals surface area contributed by atoms with Gasteiger partial charge in [0.2, 0.25) is 5.95 Å². The molecule has 1 aliphatic heterocycles. The number of halogens is 3. The molecular formula is C30H31F3N8O2. The molecule has 1 amide bonds. The summed E-state index contributed by atoms with van der Waals surface area (Å²) >= 11 is 0. The van der Waals surface area contributed by atoms with Crippen molar-refractivity contribution in [3.8, 4) is 17.3 Å². The molecule has 13 heteroatoms.